The number of furan rings is 1. The van der Waals surface area contributed by atoms with E-state index < -0.39 is 5.56 Å². The van der Waals surface area contributed by atoms with Crippen molar-refractivity contribution in [2.45, 2.75) is 19.4 Å². The van der Waals surface area contributed by atoms with Crippen LogP contribution in [-0.4, -0.2) is 30.0 Å². The van der Waals surface area contributed by atoms with Crippen LogP contribution in [0.15, 0.2) is 39.7 Å². The highest BCUT2D eigenvalue weighted by Crippen LogP contribution is 2.16. The molecule has 3 heterocycles. The zero-order chi connectivity index (χ0) is 15.5. The fourth-order valence-corrected chi connectivity index (χ4v) is 2.70. The first kappa shape index (κ1) is 14.6. The van der Waals surface area contributed by atoms with Crippen LogP contribution >= 0.6 is 0 Å². The third-order valence-electron chi connectivity index (χ3n) is 4.04. The molecule has 1 aliphatic rings. The minimum absolute atomic E-state index is 0.0953. The van der Waals surface area contributed by atoms with Crippen LogP contribution in [0.2, 0.25) is 0 Å². The van der Waals surface area contributed by atoms with E-state index in [9.17, 15) is 9.59 Å². The maximum absolute atomic E-state index is 12.3. The molecule has 1 fully saturated rings. The highest BCUT2D eigenvalue weighted by Gasteiger charge is 2.24. The molecule has 22 heavy (non-hydrogen) atoms. The molecule has 0 bridgehead atoms. The minimum Gasteiger partial charge on any atom is -0.463 e. The number of pyridine rings is 1. The molecule has 2 unspecified atom stereocenters. The van der Waals surface area contributed by atoms with Crippen molar-refractivity contribution in [1.29, 1.82) is 0 Å². The molecule has 0 aliphatic carbocycles. The number of carbonyl (C=O) groups excluding carboxylic acids is 1. The number of H-pyrrole nitrogens is 1. The summed E-state index contributed by atoms with van der Waals surface area (Å²) in [6, 6.07) is 6.81. The molecule has 6 heteroatoms. The van der Waals surface area contributed by atoms with Crippen molar-refractivity contribution in [3.8, 4) is 11.5 Å². The van der Waals surface area contributed by atoms with Gasteiger partial charge in [-0.05, 0) is 49.7 Å². The number of amides is 1. The van der Waals surface area contributed by atoms with Crippen LogP contribution in [0.3, 0.4) is 0 Å². The molecular formula is C16H19N3O3. The molecule has 116 valence electrons. The van der Waals surface area contributed by atoms with Gasteiger partial charge in [-0.15, -0.1) is 0 Å². The maximum atomic E-state index is 12.3. The van der Waals surface area contributed by atoms with Crippen LogP contribution in [0.1, 0.15) is 23.7 Å². The second-order valence-corrected chi connectivity index (χ2v) is 5.64. The lowest BCUT2D eigenvalue weighted by Gasteiger charge is -2.30. The summed E-state index contributed by atoms with van der Waals surface area (Å²) >= 11 is 0. The Bertz CT molecular complexity index is 706. The van der Waals surface area contributed by atoms with E-state index in [1.165, 1.54) is 12.3 Å². The number of aromatic amines is 1. The van der Waals surface area contributed by atoms with Crippen molar-refractivity contribution >= 4 is 5.91 Å². The predicted octanol–water partition coefficient (Wildman–Crippen LogP) is 1.36. The van der Waals surface area contributed by atoms with Crippen LogP contribution in [0.5, 0.6) is 0 Å². The molecular weight excluding hydrogens is 282 g/mol. The number of carbonyl (C=O) groups is 1. The van der Waals surface area contributed by atoms with Crippen molar-refractivity contribution in [3.05, 3.63) is 46.4 Å². The van der Waals surface area contributed by atoms with Gasteiger partial charge in [0.15, 0.2) is 0 Å². The van der Waals surface area contributed by atoms with Gasteiger partial charge in [0.05, 0.1) is 12.0 Å². The van der Waals surface area contributed by atoms with Crippen molar-refractivity contribution in [2.75, 3.05) is 13.1 Å². The van der Waals surface area contributed by atoms with E-state index in [1.54, 1.807) is 18.2 Å². The van der Waals surface area contributed by atoms with Gasteiger partial charge in [-0.1, -0.05) is 6.92 Å². The van der Waals surface area contributed by atoms with E-state index in [0.717, 1.165) is 19.5 Å². The molecule has 2 aromatic heterocycles. The first-order valence-corrected chi connectivity index (χ1v) is 7.44. The molecule has 1 saturated heterocycles. The summed E-state index contributed by atoms with van der Waals surface area (Å²) in [5.74, 6) is 0.584. The third kappa shape index (κ3) is 2.96. The van der Waals surface area contributed by atoms with Crippen LogP contribution in [-0.2, 0) is 0 Å². The quantitative estimate of drug-likeness (QED) is 0.799. The van der Waals surface area contributed by atoms with E-state index in [-0.39, 0.29) is 17.5 Å². The van der Waals surface area contributed by atoms with Gasteiger partial charge in [-0.2, -0.15) is 0 Å². The van der Waals surface area contributed by atoms with E-state index in [0.29, 0.717) is 17.4 Å². The molecule has 6 nitrogen and oxygen atoms in total. The Morgan fingerprint density at radius 2 is 2.23 bits per heavy atom. The van der Waals surface area contributed by atoms with Gasteiger partial charge in [0.25, 0.3) is 11.5 Å². The Morgan fingerprint density at radius 3 is 2.91 bits per heavy atom. The molecule has 0 spiro atoms. The van der Waals surface area contributed by atoms with Gasteiger partial charge in [0, 0.05) is 6.04 Å². The zero-order valence-corrected chi connectivity index (χ0v) is 12.4. The Labute approximate surface area is 127 Å². The van der Waals surface area contributed by atoms with Gasteiger partial charge in [-0.3, -0.25) is 9.59 Å². The Balaban J connectivity index is 1.77. The first-order valence-electron chi connectivity index (χ1n) is 7.44. The molecule has 1 amide bonds. The number of rotatable bonds is 3. The summed E-state index contributed by atoms with van der Waals surface area (Å²) in [5.41, 5.74) is 0.274. The van der Waals surface area contributed by atoms with Gasteiger partial charge in [-0.25, -0.2) is 0 Å². The largest absolute Gasteiger partial charge is 0.463 e. The normalized spacial score (nSPS) is 21.5. The summed E-state index contributed by atoms with van der Waals surface area (Å²) in [6.07, 6.45) is 2.40. The second kappa shape index (κ2) is 6.19. The molecule has 2 aromatic rings. The molecule has 2 atom stereocenters. The first-order chi connectivity index (χ1) is 10.6. The molecule has 3 N–H and O–H groups in total. The maximum Gasteiger partial charge on any atom is 0.261 e. The average molecular weight is 301 g/mol. The van der Waals surface area contributed by atoms with Crippen molar-refractivity contribution < 1.29 is 9.21 Å². The SMILES string of the molecule is CC1CNCCC1NC(=O)c1ccc(-c2ccco2)[nH]c1=O. The zero-order valence-electron chi connectivity index (χ0n) is 12.4. The van der Waals surface area contributed by atoms with Crippen molar-refractivity contribution in [3.63, 3.8) is 0 Å². The summed E-state index contributed by atoms with van der Waals surface area (Å²) in [7, 11) is 0. The fraction of sp³-hybridized carbons (Fsp3) is 0.375. The Morgan fingerprint density at radius 1 is 1.36 bits per heavy atom. The summed E-state index contributed by atoms with van der Waals surface area (Å²) in [6.45, 7) is 3.84. The fourth-order valence-electron chi connectivity index (χ4n) is 2.70. The van der Waals surface area contributed by atoms with E-state index in [2.05, 4.69) is 22.5 Å². The van der Waals surface area contributed by atoms with Gasteiger partial charge >= 0.3 is 0 Å². The molecule has 0 aromatic carbocycles. The van der Waals surface area contributed by atoms with Gasteiger partial charge in [0.2, 0.25) is 0 Å². The highest BCUT2D eigenvalue weighted by molar-refractivity contribution is 5.94. The number of hydrogen-bond acceptors (Lipinski definition) is 4. The monoisotopic (exact) mass is 301 g/mol. The summed E-state index contributed by atoms with van der Waals surface area (Å²) < 4.78 is 5.23. The Hall–Kier alpha value is -2.34. The number of piperidine rings is 1. The van der Waals surface area contributed by atoms with Crippen LogP contribution in [0.25, 0.3) is 11.5 Å². The molecule has 0 saturated carbocycles. The Kier molecular flexibility index (Phi) is 4.11. The van der Waals surface area contributed by atoms with Gasteiger partial charge < -0.3 is 20.0 Å². The van der Waals surface area contributed by atoms with Crippen molar-refractivity contribution in [2.24, 2.45) is 5.92 Å². The third-order valence-corrected chi connectivity index (χ3v) is 4.04. The summed E-state index contributed by atoms with van der Waals surface area (Å²) in [5, 5.41) is 6.24. The average Bonchev–Trinajstić information content (AvgIpc) is 3.03. The smallest absolute Gasteiger partial charge is 0.261 e. The second-order valence-electron chi connectivity index (χ2n) is 5.64. The highest BCUT2D eigenvalue weighted by atomic mass is 16.3. The van der Waals surface area contributed by atoms with E-state index in [4.69, 9.17) is 4.42 Å². The molecule has 0 radical (unpaired) electrons. The predicted molar refractivity (Wildman–Crippen MR) is 82.7 cm³/mol. The number of nitrogens with one attached hydrogen (secondary N) is 3. The van der Waals surface area contributed by atoms with Crippen LogP contribution < -0.4 is 16.2 Å². The van der Waals surface area contributed by atoms with E-state index in [1.807, 2.05) is 0 Å². The number of aromatic nitrogens is 1. The van der Waals surface area contributed by atoms with Crippen molar-refractivity contribution in [1.82, 2.24) is 15.6 Å². The lowest BCUT2D eigenvalue weighted by Crippen LogP contribution is -2.49. The van der Waals surface area contributed by atoms with E-state index >= 15 is 0 Å². The lowest BCUT2D eigenvalue weighted by molar-refractivity contribution is 0.0912. The van der Waals surface area contributed by atoms with Gasteiger partial charge in [0.1, 0.15) is 11.3 Å². The lowest BCUT2D eigenvalue weighted by atomic mass is 9.95. The van der Waals surface area contributed by atoms with Crippen LogP contribution in [0.4, 0.5) is 0 Å². The topological polar surface area (TPSA) is 87.1 Å². The van der Waals surface area contributed by atoms with Crippen LogP contribution in [0, 0.1) is 5.92 Å². The summed E-state index contributed by atoms with van der Waals surface area (Å²) in [4.78, 5) is 27.1. The molecule has 3 rings (SSSR count). The number of hydrogen-bond donors (Lipinski definition) is 3. The minimum atomic E-state index is -0.409. The standard InChI is InChI=1S/C16H19N3O3/c1-10-9-17-7-6-12(10)18-15(20)11-4-5-13(19-16(11)21)14-3-2-8-22-14/h2-5,8,10,12,17H,6-7,9H2,1H3,(H,18,20)(H,19,21). The molecule has 1 aliphatic heterocycles.